The highest BCUT2D eigenvalue weighted by Crippen LogP contribution is 2.28. The Labute approximate surface area is 58.7 Å². The summed E-state index contributed by atoms with van der Waals surface area (Å²) in [4.78, 5) is 0. The van der Waals surface area contributed by atoms with E-state index in [4.69, 9.17) is 9.15 Å². The molecule has 2 aromatic heterocycles. The number of furan rings is 2. The minimum absolute atomic E-state index is 0.694. The van der Waals surface area contributed by atoms with Crippen molar-refractivity contribution in [2.24, 2.45) is 0 Å². The molecular weight excluding hydrogens is 128 g/mol. The molecule has 0 fully saturated rings. The number of rotatable bonds is 2. The van der Waals surface area contributed by atoms with Crippen LogP contribution in [0.5, 0.6) is 5.75 Å². The summed E-state index contributed by atoms with van der Waals surface area (Å²) in [6.07, 6.45) is 0. The van der Waals surface area contributed by atoms with Crippen molar-refractivity contribution in [3.8, 4) is 5.75 Å². The van der Waals surface area contributed by atoms with Gasteiger partial charge in [0.15, 0.2) is 11.3 Å². The molecule has 2 bridgehead atoms. The van der Waals surface area contributed by atoms with Crippen molar-refractivity contribution in [2.45, 2.75) is 6.92 Å². The van der Waals surface area contributed by atoms with E-state index in [0.29, 0.717) is 6.61 Å². The molecule has 2 aromatic rings. The van der Waals surface area contributed by atoms with Crippen LogP contribution in [0, 0.1) is 0 Å². The van der Waals surface area contributed by atoms with Crippen molar-refractivity contribution in [1.29, 1.82) is 0 Å². The fourth-order valence-corrected chi connectivity index (χ4v) is 1.03. The Morgan fingerprint density at radius 1 is 1.50 bits per heavy atom. The van der Waals surface area contributed by atoms with E-state index in [2.05, 4.69) is 0 Å². The second-order valence-electron chi connectivity index (χ2n) is 2.14. The quantitative estimate of drug-likeness (QED) is 0.631. The summed E-state index contributed by atoms with van der Waals surface area (Å²) in [5.74, 6) is 0.861. The summed E-state index contributed by atoms with van der Waals surface area (Å²) < 4.78 is 10.5. The lowest BCUT2D eigenvalue weighted by atomic mass is 10.3. The smallest absolute Gasteiger partial charge is 0.169 e. The number of hydrogen-bond acceptors (Lipinski definition) is 2. The van der Waals surface area contributed by atoms with Crippen LogP contribution in [0.2, 0.25) is 0 Å². The standard InChI is InChI=1S/C8H8O2/c1-2-9-8-5-6-3-4-7(8)10-6/h3-5H,2H2,1H3. The maximum Gasteiger partial charge on any atom is 0.169 e. The molecule has 10 heavy (non-hydrogen) atoms. The highest BCUT2D eigenvalue weighted by atomic mass is 16.5. The zero-order chi connectivity index (χ0) is 6.97. The van der Waals surface area contributed by atoms with Gasteiger partial charge in [-0.05, 0) is 19.1 Å². The van der Waals surface area contributed by atoms with E-state index in [-0.39, 0.29) is 0 Å². The summed E-state index contributed by atoms with van der Waals surface area (Å²) in [5, 5.41) is 0. The lowest BCUT2D eigenvalue weighted by Gasteiger charge is -1.96. The van der Waals surface area contributed by atoms with Gasteiger partial charge in [-0.2, -0.15) is 0 Å². The van der Waals surface area contributed by atoms with Crippen molar-refractivity contribution in [3.63, 3.8) is 0 Å². The third-order valence-corrected chi connectivity index (χ3v) is 1.44. The fourth-order valence-electron chi connectivity index (χ4n) is 1.03. The molecule has 2 heterocycles. The molecule has 0 aliphatic rings. The zero-order valence-corrected chi connectivity index (χ0v) is 5.76. The first kappa shape index (κ1) is 5.59. The molecule has 0 saturated heterocycles. The summed E-state index contributed by atoms with van der Waals surface area (Å²) in [5.41, 5.74) is 1.73. The Morgan fingerprint density at radius 2 is 2.40 bits per heavy atom. The van der Waals surface area contributed by atoms with Crippen molar-refractivity contribution >= 4 is 11.2 Å². The Balaban J connectivity index is 2.43. The van der Waals surface area contributed by atoms with Crippen molar-refractivity contribution in [3.05, 3.63) is 18.2 Å². The molecule has 0 unspecified atom stereocenters. The Kier molecular flexibility index (Phi) is 1.07. The first-order valence-electron chi connectivity index (χ1n) is 3.35. The maximum atomic E-state index is 5.26. The van der Waals surface area contributed by atoms with Gasteiger partial charge in [-0.3, -0.25) is 0 Å². The van der Waals surface area contributed by atoms with Gasteiger partial charge in [0.2, 0.25) is 0 Å². The minimum Gasteiger partial charge on any atom is -0.490 e. The molecule has 0 spiro atoms. The van der Waals surface area contributed by atoms with Crippen LogP contribution in [-0.2, 0) is 0 Å². The summed E-state index contributed by atoms with van der Waals surface area (Å²) in [6, 6.07) is 5.75. The summed E-state index contributed by atoms with van der Waals surface area (Å²) in [7, 11) is 0. The van der Waals surface area contributed by atoms with Crippen molar-refractivity contribution in [1.82, 2.24) is 0 Å². The Hall–Kier alpha value is -1.18. The van der Waals surface area contributed by atoms with Crippen LogP contribution in [0.3, 0.4) is 0 Å². The molecule has 0 amide bonds. The van der Waals surface area contributed by atoms with E-state index < -0.39 is 0 Å². The molecule has 2 nitrogen and oxygen atoms in total. The highest BCUT2D eigenvalue weighted by Gasteiger charge is 2.05. The van der Waals surface area contributed by atoms with Gasteiger partial charge in [-0.25, -0.2) is 0 Å². The van der Waals surface area contributed by atoms with E-state index >= 15 is 0 Å². The van der Waals surface area contributed by atoms with Gasteiger partial charge in [0.25, 0.3) is 0 Å². The Bertz CT molecular complexity index is 310. The van der Waals surface area contributed by atoms with Crippen LogP contribution < -0.4 is 4.74 Å². The van der Waals surface area contributed by atoms with E-state index in [1.54, 1.807) is 0 Å². The number of ether oxygens (including phenoxy) is 1. The van der Waals surface area contributed by atoms with Crippen LogP contribution in [0.25, 0.3) is 11.2 Å². The van der Waals surface area contributed by atoms with E-state index in [0.717, 1.165) is 16.9 Å². The second kappa shape index (κ2) is 1.90. The van der Waals surface area contributed by atoms with Gasteiger partial charge in [-0.15, -0.1) is 0 Å². The lowest BCUT2D eigenvalue weighted by molar-refractivity contribution is 0.342. The molecular formula is C8H8O2. The van der Waals surface area contributed by atoms with Crippen molar-refractivity contribution < 1.29 is 9.15 Å². The van der Waals surface area contributed by atoms with Gasteiger partial charge in [0.05, 0.1) is 6.61 Å². The average Bonchev–Trinajstić information content (AvgIpc) is 2.48. The van der Waals surface area contributed by atoms with Crippen LogP contribution in [-0.4, -0.2) is 6.61 Å². The number of fused-ring (bicyclic) bond motifs is 2. The number of benzene rings is 1. The largest absolute Gasteiger partial charge is 0.490 e. The van der Waals surface area contributed by atoms with E-state index in [1.165, 1.54) is 0 Å². The normalized spacial score (nSPS) is 10.9. The molecule has 0 atom stereocenters. The van der Waals surface area contributed by atoms with Crippen LogP contribution >= 0.6 is 0 Å². The fraction of sp³-hybridized carbons (Fsp3) is 0.250. The molecule has 0 aliphatic carbocycles. The first-order chi connectivity index (χ1) is 4.90. The maximum absolute atomic E-state index is 5.26. The van der Waals surface area contributed by atoms with Gasteiger partial charge in [0.1, 0.15) is 5.58 Å². The van der Waals surface area contributed by atoms with Gasteiger partial charge in [0, 0.05) is 6.07 Å². The lowest BCUT2D eigenvalue weighted by Crippen LogP contribution is -1.88. The number of hydrogen-bond donors (Lipinski definition) is 0. The van der Waals surface area contributed by atoms with E-state index in [9.17, 15) is 0 Å². The van der Waals surface area contributed by atoms with Gasteiger partial charge in [-0.1, -0.05) is 0 Å². The predicted octanol–water partition coefficient (Wildman–Crippen LogP) is 2.27. The molecule has 2 rings (SSSR count). The highest BCUT2D eigenvalue weighted by molar-refractivity contribution is 5.69. The van der Waals surface area contributed by atoms with Gasteiger partial charge >= 0.3 is 0 Å². The molecule has 0 saturated carbocycles. The van der Waals surface area contributed by atoms with Crippen molar-refractivity contribution in [2.75, 3.05) is 6.61 Å². The molecule has 0 radical (unpaired) electrons. The minimum atomic E-state index is 0.694. The summed E-state index contributed by atoms with van der Waals surface area (Å²) >= 11 is 0. The second-order valence-corrected chi connectivity index (χ2v) is 2.14. The Morgan fingerprint density at radius 3 is 2.90 bits per heavy atom. The third-order valence-electron chi connectivity index (χ3n) is 1.44. The van der Waals surface area contributed by atoms with Crippen LogP contribution in [0.4, 0.5) is 0 Å². The average molecular weight is 136 g/mol. The molecule has 52 valence electrons. The SMILES string of the molecule is CCOc1cc2ccc1o2. The van der Waals surface area contributed by atoms with Crippen LogP contribution in [0.1, 0.15) is 6.92 Å². The topological polar surface area (TPSA) is 22.4 Å². The molecule has 0 aliphatic heterocycles. The van der Waals surface area contributed by atoms with Crippen LogP contribution in [0.15, 0.2) is 22.6 Å². The molecule has 0 N–H and O–H groups in total. The monoisotopic (exact) mass is 136 g/mol. The molecule has 0 aromatic carbocycles. The van der Waals surface area contributed by atoms with E-state index in [1.807, 2.05) is 25.1 Å². The molecule has 2 heteroatoms. The van der Waals surface area contributed by atoms with Gasteiger partial charge < -0.3 is 9.15 Å². The zero-order valence-electron chi connectivity index (χ0n) is 5.76. The predicted molar refractivity (Wildman–Crippen MR) is 38.6 cm³/mol. The third kappa shape index (κ3) is 0.652. The first-order valence-corrected chi connectivity index (χ1v) is 3.35. The summed E-state index contributed by atoms with van der Waals surface area (Å²) in [6.45, 7) is 2.65.